The summed E-state index contributed by atoms with van der Waals surface area (Å²) in [4.78, 5) is 7.78. The van der Waals surface area contributed by atoms with Crippen LogP contribution in [0, 0.1) is 0 Å². The van der Waals surface area contributed by atoms with E-state index in [-0.39, 0.29) is 0 Å². The Morgan fingerprint density at radius 2 is 2.26 bits per heavy atom. The normalized spacial score (nSPS) is 10.5. The van der Waals surface area contributed by atoms with Crippen LogP contribution in [0.15, 0.2) is 28.1 Å². The molecule has 0 saturated heterocycles. The first-order chi connectivity index (χ1) is 9.10. The molecule has 0 aliphatic rings. The number of anilines is 2. The highest BCUT2D eigenvalue weighted by atomic mass is 79.9. The molecule has 0 bridgehead atoms. The highest BCUT2D eigenvalue weighted by molar-refractivity contribution is 9.10. The van der Waals surface area contributed by atoms with Gasteiger partial charge < -0.3 is 15.4 Å². The van der Waals surface area contributed by atoms with Crippen molar-refractivity contribution < 1.29 is 4.74 Å². The molecule has 6 heteroatoms. The van der Waals surface area contributed by atoms with Gasteiger partial charge in [0.15, 0.2) is 0 Å². The molecule has 0 unspecified atom stereocenters. The fourth-order valence-corrected chi connectivity index (χ4v) is 3.16. The van der Waals surface area contributed by atoms with E-state index in [4.69, 9.17) is 10.5 Å². The van der Waals surface area contributed by atoms with Gasteiger partial charge in [-0.05, 0) is 41.1 Å². The van der Waals surface area contributed by atoms with Crippen LogP contribution >= 0.6 is 27.3 Å². The van der Waals surface area contributed by atoms with Crippen LogP contribution in [0.5, 0.6) is 5.88 Å². The van der Waals surface area contributed by atoms with Crippen LogP contribution < -0.4 is 15.4 Å². The molecule has 0 amide bonds. The van der Waals surface area contributed by atoms with Crippen LogP contribution in [-0.4, -0.2) is 18.6 Å². The molecule has 0 aliphatic carbocycles. The third-order valence-corrected chi connectivity index (χ3v) is 4.24. The maximum atomic E-state index is 5.82. The second-order valence-corrected chi connectivity index (χ2v) is 6.00. The summed E-state index contributed by atoms with van der Waals surface area (Å²) < 4.78 is 6.53. The summed E-state index contributed by atoms with van der Waals surface area (Å²) in [6.07, 6.45) is 0. The van der Waals surface area contributed by atoms with E-state index < -0.39 is 0 Å². The maximum Gasteiger partial charge on any atom is 0.239 e. The van der Waals surface area contributed by atoms with Crippen molar-refractivity contribution in [2.45, 2.75) is 13.5 Å². The van der Waals surface area contributed by atoms with Crippen molar-refractivity contribution in [1.29, 1.82) is 0 Å². The summed E-state index contributed by atoms with van der Waals surface area (Å²) in [6, 6.07) is 5.84. The zero-order chi connectivity index (χ0) is 13.8. The zero-order valence-electron chi connectivity index (χ0n) is 10.9. The summed E-state index contributed by atoms with van der Waals surface area (Å²) in [7, 11) is 2.00. The average Bonchev–Trinajstić information content (AvgIpc) is 2.77. The monoisotopic (exact) mass is 341 g/mol. The largest absolute Gasteiger partial charge is 0.476 e. The van der Waals surface area contributed by atoms with Crippen LogP contribution in [0.25, 0.3) is 0 Å². The van der Waals surface area contributed by atoms with E-state index in [1.807, 2.05) is 26.1 Å². The molecule has 2 rings (SSSR count). The van der Waals surface area contributed by atoms with Gasteiger partial charge in [0.25, 0.3) is 0 Å². The van der Waals surface area contributed by atoms with Crippen molar-refractivity contribution in [3.8, 4) is 5.88 Å². The first-order valence-corrected chi connectivity index (χ1v) is 7.60. The van der Waals surface area contributed by atoms with Crippen molar-refractivity contribution in [1.82, 2.24) is 4.98 Å². The van der Waals surface area contributed by atoms with E-state index >= 15 is 0 Å². The average molecular weight is 342 g/mol. The lowest BCUT2D eigenvalue weighted by molar-refractivity contribution is 0.329. The number of pyridine rings is 1. The minimum atomic E-state index is 0.499. The standard InChI is InChI=1S/C13H16BrN3OS/c1-3-18-13-11(15)4-5-12(16-13)17(2)7-10-6-9(14)8-19-10/h4-6,8H,3,7,15H2,1-2H3. The summed E-state index contributed by atoms with van der Waals surface area (Å²) in [5.41, 5.74) is 6.39. The van der Waals surface area contributed by atoms with E-state index in [1.54, 1.807) is 11.3 Å². The van der Waals surface area contributed by atoms with Crippen LogP contribution in [0.1, 0.15) is 11.8 Å². The molecule has 0 aliphatic heterocycles. The molecule has 0 atom stereocenters. The molecule has 4 nitrogen and oxygen atoms in total. The van der Waals surface area contributed by atoms with Crippen molar-refractivity contribution >= 4 is 38.8 Å². The predicted octanol–water partition coefficient (Wildman–Crippen LogP) is 3.52. The molecule has 0 saturated carbocycles. The van der Waals surface area contributed by atoms with E-state index in [0.717, 1.165) is 16.8 Å². The molecule has 2 aromatic rings. The summed E-state index contributed by atoms with van der Waals surface area (Å²) in [5.74, 6) is 1.35. The Bertz CT molecular complexity index is 559. The molecule has 0 spiro atoms. The van der Waals surface area contributed by atoms with Gasteiger partial charge in [-0.2, -0.15) is 4.98 Å². The Kier molecular flexibility index (Phi) is 4.66. The third-order valence-electron chi connectivity index (χ3n) is 2.56. The lowest BCUT2D eigenvalue weighted by atomic mass is 10.3. The molecular weight excluding hydrogens is 326 g/mol. The van der Waals surface area contributed by atoms with E-state index in [0.29, 0.717) is 18.2 Å². The van der Waals surface area contributed by atoms with Gasteiger partial charge in [0.1, 0.15) is 5.82 Å². The molecule has 0 fully saturated rings. The smallest absolute Gasteiger partial charge is 0.239 e. The minimum absolute atomic E-state index is 0.499. The van der Waals surface area contributed by atoms with E-state index in [2.05, 4.69) is 37.3 Å². The molecular formula is C13H16BrN3OS. The third kappa shape index (κ3) is 3.61. The number of thiophene rings is 1. The molecule has 2 aromatic heterocycles. The Hall–Kier alpha value is -1.27. The Morgan fingerprint density at radius 1 is 1.47 bits per heavy atom. The number of rotatable bonds is 5. The van der Waals surface area contributed by atoms with Gasteiger partial charge in [0, 0.05) is 21.8 Å². The fourth-order valence-electron chi connectivity index (χ4n) is 1.66. The topological polar surface area (TPSA) is 51.4 Å². The van der Waals surface area contributed by atoms with Gasteiger partial charge in [0.05, 0.1) is 18.8 Å². The van der Waals surface area contributed by atoms with Crippen molar-refractivity contribution in [2.24, 2.45) is 0 Å². The quantitative estimate of drug-likeness (QED) is 0.903. The number of aromatic nitrogens is 1. The predicted molar refractivity (Wildman–Crippen MR) is 83.9 cm³/mol. The highest BCUT2D eigenvalue weighted by Crippen LogP contribution is 2.25. The molecule has 0 radical (unpaired) electrons. The summed E-state index contributed by atoms with van der Waals surface area (Å²) in [5, 5.41) is 2.07. The van der Waals surface area contributed by atoms with Crippen LogP contribution in [0.2, 0.25) is 0 Å². The van der Waals surface area contributed by atoms with Gasteiger partial charge in [-0.1, -0.05) is 0 Å². The second kappa shape index (κ2) is 6.25. The number of nitrogens with zero attached hydrogens (tertiary/aromatic N) is 2. The SMILES string of the molecule is CCOc1nc(N(C)Cc2cc(Br)cs2)ccc1N. The van der Waals surface area contributed by atoms with Crippen molar-refractivity contribution in [3.63, 3.8) is 0 Å². The maximum absolute atomic E-state index is 5.82. The molecule has 102 valence electrons. The first-order valence-electron chi connectivity index (χ1n) is 5.93. The summed E-state index contributed by atoms with van der Waals surface area (Å²) in [6.45, 7) is 3.28. The Balaban J connectivity index is 2.14. The Morgan fingerprint density at radius 3 is 2.89 bits per heavy atom. The van der Waals surface area contributed by atoms with Gasteiger partial charge >= 0.3 is 0 Å². The van der Waals surface area contributed by atoms with Gasteiger partial charge in [-0.15, -0.1) is 11.3 Å². The van der Waals surface area contributed by atoms with Crippen LogP contribution in [-0.2, 0) is 6.54 Å². The van der Waals surface area contributed by atoms with Gasteiger partial charge in [0.2, 0.25) is 5.88 Å². The van der Waals surface area contributed by atoms with Gasteiger partial charge in [-0.3, -0.25) is 0 Å². The number of hydrogen-bond donors (Lipinski definition) is 1. The second-order valence-electron chi connectivity index (χ2n) is 4.08. The summed E-state index contributed by atoms with van der Waals surface area (Å²) >= 11 is 5.18. The molecule has 0 aromatic carbocycles. The number of ether oxygens (including phenoxy) is 1. The van der Waals surface area contributed by atoms with Crippen LogP contribution in [0.3, 0.4) is 0 Å². The Labute approximate surface area is 125 Å². The minimum Gasteiger partial charge on any atom is -0.476 e. The fraction of sp³-hybridized carbons (Fsp3) is 0.308. The molecule has 2 heterocycles. The lowest BCUT2D eigenvalue weighted by Gasteiger charge is -2.18. The van der Waals surface area contributed by atoms with Gasteiger partial charge in [-0.25, -0.2) is 0 Å². The van der Waals surface area contributed by atoms with Crippen LogP contribution in [0.4, 0.5) is 11.5 Å². The number of nitrogens with two attached hydrogens (primary N) is 1. The molecule has 2 N–H and O–H groups in total. The van der Waals surface area contributed by atoms with E-state index in [1.165, 1.54) is 4.88 Å². The van der Waals surface area contributed by atoms with Crippen molar-refractivity contribution in [2.75, 3.05) is 24.3 Å². The number of halogens is 1. The van der Waals surface area contributed by atoms with E-state index in [9.17, 15) is 0 Å². The first kappa shape index (κ1) is 14.1. The number of nitrogen functional groups attached to an aromatic ring is 1. The highest BCUT2D eigenvalue weighted by Gasteiger charge is 2.09. The molecule has 19 heavy (non-hydrogen) atoms. The zero-order valence-corrected chi connectivity index (χ0v) is 13.3. The lowest BCUT2D eigenvalue weighted by Crippen LogP contribution is -2.17. The van der Waals surface area contributed by atoms with Crippen molar-refractivity contribution in [3.05, 3.63) is 32.9 Å². The number of hydrogen-bond acceptors (Lipinski definition) is 5.